The van der Waals surface area contributed by atoms with Crippen LogP contribution in [0.25, 0.3) is 0 Å². The Balaban J connectivity index is 2.19. The predicted octanol–water partition coefficient (Wildman–Crippen LogP) is 2.23. The molecule has 0 fully saturated rings. The summed E-state index contributed by atoms with van der Waals surface area (Å²) in [4.78, 5) is 18.8. The van der Waals surface area contributed by atoms with Gasteiger partial charge in [0.25, 0.3) is 5.56 Å². The molecule has 1 heterocycles. The van der Waals surface area contributed by atoms with Crippen molar-refractivity contribution in [1.29, 1.82) is 0 Å². The van der Waals surface area contributed by atoms with Crippen molar-refractivity contribution >= 4 is 28.1 Å². The van der Waals surface area contributed by atoms with Crippen molar-refractivity contribution in [2.24, 2.45) is 5.10 Å². The second-order valence-corrected chi connectivity index (χ2v) is 6.14. The minimum absolute atomic E-state index is 0.106. The number of aryl methyl sites for hydroxylation is 1. The molecule has 8 nitrogen and oxygen atoms in total. The highest BCUT2D eigenvalue weighted by atomic mass is 79.9. The lowest BCUT2D eigenvalue weighted by Gasteiger charge is -2.11. The van der Waals surface area contributed by atoms with Gasteiger partial charge in [-0.25, -0.2) is 10.4 Å². The number of hydrogen-bond acceptors (Lipinski definition) is 7. The van der Waals surface area contributed by atoms with Crippen LogP contribution in [0.1, 0.15) is 23.7 Å². The molecule has 0 aliphatic rings. The number of rotatable bonds is 8. The lowest BCUT2D eigenvalue weighted by molar-refractivity contribution is 0.298. The summed E-state index contributed by atoms with van der Waals surface area (Å²) in [6.45, 7) is 4.00. The Morgan fingerprint density at radius 2 is 2.23 bits per heavy atom. The van der Waals surface area contributed by atoms with Crippen LogP contribution in [0.5, 0.6) is 11.5 Å². The molecular weight excluding hydrogens is 404 g/mol. The van der Waals surface area contributed by atoms with E-state index in [9.17, 15) is 4.79 Å². The number of H-pyrrole nitrogens is 1. The number of aromatic nitrogens is 2. The normalized spacial score (nSPS) is 11.0. The largest absolute Gasteiger partial charge is 0.492 e. The molecule has 2 aromatic rings. The van der Waals surface area contributed by atoms with E-state index < -0.39 is 0 Å². The molecule has 3 N–H and O–H groups in total. The first-order chi connectivity index (χ1) is 12.5. The summed E-state index contributed by atoms with van der Waals surface area (Å²) in [6, 6.07) is 3.63. The average Bonchev–Trinajstić information content (AvgIpc) is 2.58. The zero-order chi connectivity index (χ0) is 19.1. The van der Waals surface area contributed by atoms with Crippen LogP contribution in [0.4, 0.5) is 5.95 Å². The third-order valence-electron chi connectivity index (χ3n) is 3.50. The van der Waals surface area contributed by atoms with Gasteiger partial charge in [-0.15, -0.1) is 0 Å². The maximum Gasteiger partial charge on any atom is 0.255 e. The molecule has 0 saturated heterocycles. The minimum Gasteiger partial charge on any atom is -0.492 e. The molecule has 140 valence electrons. The zero-order valence-electron chi connectivity index (χ0n) is 14.8. The summed E-state index contributed by atoms with van der Waals surface area (Å²) in [5, 5.41) is 13.1. The van der Waals surface area contributed by atoms with Crippen molar-refractivity contribution in [3.63, 3.8) is 0 Å². The maximum atomic E-state index is 12.0. The van der Waals surface area contributed by atoms with E-state index in [0.717, 1.165) is 10.0 Å². The summed E-state index contributed by atoms with van der Waals surface area (Å²) in [7, 11) is 1.57. The van der Waals surface area contributed by atoms with E-state index in [2.05, 4.69) is 36.4 Å². The summed E-state index contributed by atoms with van der Waals surface area (Å²) in [5.74, 6) is 1.43. The van der Waals surface area contributed by atoms with Crippen molar-refractivity contribution in [3.05, 3.63) is 43.8 Å². The van der Waals surface area contributed by atoms with E-state index in [4.69, 9.17) is 14.6 Å². The predicted molar refractivity (Wildman–Crippen MR) is 103 cm³/mol. The van der Waals surface area contributed by atoms with Crippen LogP contribution in [0.15, 0.2) is 26.5 Å². The number of aromatic amines is 1. The summed E-state index contributed by atoms with van der Waals surface area (Å²) >= 11 is 3.44. The van der Waals surface area contributed by atoms with Gasteiger partial charge in [0.05, 0.1) is 30.1 Å². The Bertz CT molecular complexity index is 851. The Morgan fingerprint density at radius 3 is 2.85 bits per heavy atom. The lowest BCUT2D eigenvalue weighted by atomic mass is 10.2. The highest BCUT2D eigenvalue weighted by molar-refractivity contribution is 9.10. The number of aliphatic hydroxyl groups excluding tert-OH is 1. The Hall–Kier alpha value is -2.39. The van der Waals surface area contributed by atoms with Gasteiger partial charge >= 0.3 is 0 Å². The van der Waals surface area contributed by atoms with Crippen LogP contribution >= 0.6 is 15.9 Å². The van der Waals surface area contributed by atoms with Gasteiger partial charge in [0.2, 0.25) is 5.95 Å². The topological polar surface area (TPSA) is 109 Å². The molecule has 0 bridgehead atoms. The molecule has 26 heavy (non-hydrogen) atoms. The van der Waals surface area contributed by atoms with Crippen molar-refractivity contribution in [2.45, 2.75) is 20.3 Å². The van der Waals surface area contributed by atoms with Gasteiger partial charge in [-0.3, -0.25) is 9.78 Å². The summed E-state index contributed by atoms with van der Waals surface area (Å²) < 4.78 is 11.6. The number of hydrazone groups is 1. The lowest BCUT2D eigenvalue weighted by Crippen LogP contribution is -2.19. The quantitative estimate of drug-likeness (QED) is 0.442. The fourth-order valence-corrected chi connectivity index (χ4v) is 2.98. The third kappa shape index (κ3) is 4.83. The molecule has 0 spiro atoms. The SMILES string of the molecule is CCOc1cc(/C=N\Nc2nc(C)c(CCO)c(=O)[nH]2)cc(Br)c1OC. The van der Waals surface area contributed by atoms with Crippen molar-refractivity contribution in [1.82, 2.24) is 9.97 Å². The number of nitrogens with one attached hydrogen (secondary N) is 2. The molecule has 9 heteroatoms. The number of ether oxygens (including phenoxy) is 2. The molecule has 0 amide bonds. The highest BCUT2D eigenvalue weighted by Crippen LogP contribution is 2.36. The fourth-order valence-electron chi connectivity index (χ4n) is 2.36. The fraction of sp³-hybridized carbons (Fsp3) is 0.353. The van der Waals surface area contributed by atoms with E-state index >= 15 is 0 Å². The van der Waals surface area contributed by atoms with Gasteiger partial charge in [-0.2, -0.15) is 5.10 Å². The first-order valence-electron chi connectivity index (χ1n) is 8.00. The van der Waals surface area contributed by atoms with Crippen LogP contribution in [-0.4, -0.2) is 41.6 Å². The molecule has 0 saturated carbocycles. The molecule has 0 aliphatic carbocycles. The molecule has 2 rings (SSSR count). The number of anilines is 1. The van der Waals surface area contributed by atoms with E-state index in [-0.39, 0.29) is 24.5 Å². The van der Waals surface area contributed by atoms with E-state index in [1.54, 1.807) is 26.3 Å². The number of halogens is 1. The number of hydrogen-bond donors (Lipinski definition) is 3. The molecule has 0 radical (unpaired) electrons. The molecule has 0 unspecified atom stereocenters. The Labute approximate surface area is 159 Å². The second-order valence-electron chi connectivity index (χ2n) is 5.29. The molecular formula is C17H21BrN4O4. The number of aliphatic hydroxyl groups is 1. The molecule has 0 aliphatic heterocycles. The molecule has 1 aromatic heterocycles. The average molecular weight is 425 g/mol. The molecule has 1 aromatic carbocycles. The van der Waals surface area contributed by atoms with Gasteiger partial charge in [-0.1, -0.05) is 0 Å². The highest BCUT2D eigenvalue weighted by Gasteiger charge is 2.10. The van der Waals surface area contributed by atoms with Gasteiger partial charge < -0.3 is 14.6 Å². The smallest absolute Gasteiger partial charge is 0.255 e. The minimum atomic E-state index is -0.296. The van der Waals surface area contributed by atoms with Gasteiger partial charge in [0.1, 0.15) is 0 Å². The van der Waals surface area contributed by atoms with E-state index in [1.165, 1.54) is 0 Å². The van der Waals surface area contributed by atoms with Crippen LogP contribution in [0.3, 0.4) is 0 Å². The van der Waals surface area contributed by atoms with Crippen LogP contribution in [0, 0.1) is 6.92 Å². The standard InChI is InChI=1S/C17H21BrN4O4/c1-4-26-14-8-11(7-13(18)15(14)25-3)9-19-22-17-20-10(2)12(5-6-23)16(24)21-17/h7-9,23H,4-6H2,1-3H3,(H2,20,21,22,24)/b19-9-. The Morgan fingerprint density at radius 1 is 1.46 bits per heavy atom. The van der Waals surface area contributed by atoms with Crippen LogP contribution in [0.2, 0.25) is 0 Å². The maximum absolute atomic E-state index is 12.0. The number of benzene rings is 1. The Kier molecular flexibility index (Phi) is 7.16. The second kappa shape index (κ2) is 9.35. The van der Waals surface area contributed by atoms with Crippen LogP contribution < -0.4 is 20.5 Å². The third-order valence-corrected chi connectivity index (χ3v) is 4.09. The number of nitrogens with zero attached hydrogens (tertiary/aromatic N) is 2. The van der Waals surface area contributed by atoms with Gasteiger partial charge in [0.15, 0.2) is 11.5 Å². The van der Waals surface area contributed by atoms with Crippen LogP contribution in [-0.2, 0) is 6.42 Å². The summed E-state index contributed by atoms with van der Waals surface area (Å²) in [5.41, 5.74) is 4.18. The van der Waals surface area contributed by atoms with Crippen molar-refractivity contribution in [3.8, 4) is 11.5 Å². The van der Waals surface area contributed by atoms with Crippen molar-refractivity contribution < 1.29 is 14.6 Å². The van der Waals surface area contributed by atoms with Gasteiger partial charge in [-0.05, 0) is 47.5 Å². The van der Waals surface area contributed by atoms with Crippen molar-refractivity contribution in [2.75, 3.05) is 25.7 Å². The van der Waals surface area contributed by atoms with Gasteiger partial charge in [0, 0.05) is 18.6 Å². The number of methoxy groups -OCH3 is 1. The molecule has 0 atom stereocenters. The van der Waals surface area contributed by atoms with E-state index in [1.807, 2.05) is 13.0 Å². The summed E-state index contributed by atoms with van der Waals surface area (Å²) in [6.07, 6.45) is 1.83. The monoisotopic (exact) mass is 424 g/mol. The van der Waals surface area contributed by atoms with E-state index in [0.29, 0.717) is 29.4 Å². The zero-order valence-corrected chi connectivity index (χ0v) is 16.4. The first kappa shape index (κ1) is 19.9. The first-order valence-corrected chi connectivity index (χ1v) is 8.79.